The smallest absolute Gasteiger partial charge is 0.0125 e. The van der Waals surface area contributed by atoms with Crippen molar-refractivity contribution in [1.82, 2.24) is 0 Å². The summed E-state index contributed by atoms with van der Waals surface area (Å²) >= 11 is 0. The molecule has 0 spiro atoms. The molecule has 2 unspecified atom stereocenters. The van der Waals surface area contributed by atoms with Crippen molar-refractivity contribution in [1.29, 1.82) is 0 Å². The predicted molar refractivity (Wildman–Crippen MR) is 66.2 cm³/mol. The van der Waals surface area contributed by atoms with Gasteiger partial charge in [0, 0.05) is 0 Å². The molecule has 15 heavy (non-hydrogen) atoms. The van der Waals surface area contributed by atoms with Crippen molar-refractivity contribution in [2.75, 3.05) is 0 Å². The Balaban J connectivity index is 2.54. The lowest BCUT2D eigenvalue weighted by Gasteiger charge is -2.38. The molecule has 82 valence electrons. The van der Waals surface area contributed by atoms with E-state index in [9.17, 15) is 0 Å². The van der Waals surface area contributed by atoms with Crippen LogP contribution < -0.4 is 0 Å². The maximum atomic E-state index is 2.45. The summed E-state index contributed by atoms with van der Waals surface area (Å²) in [5, 5.41) is 0. The Morgan fingerprint density at radius 2 is 1.40 bits per heavy atom. The van der Waals surface area contributed by atoms with E-state index in [0.29, 0.717) is 17.3 Å². The summed E-state index contributed by atoms with van der Waals surface area (Å²) in [6.07, 6.45) is 0. The van der Waals surface area contributed by atoms with Crippen LogP contribution in [0.25, 0.3) is 0 Å². The summed E-state index contributed by atoms with van der Waals surface area (Å²) in [5.74, 6) is 2.10. The number of fused-ring (bicyclic) bond motifs is 1. The minimum atomic E-state index is 0.420. The van der Waals surface area contributed by atoms with Crippen LogP contribution in [0, 0.1) is 11.3 Å². The van der Waals surface area contributed by atoms with Crippen molar-refractivity contribution in [2.45, 2.75) is 46.5 Å². The van der Waals surface area contributed by atoms with Gasteiger partial charge >= 0.3 is 0 Å². The van der Waals surface area contributed by atoms with Crippen molar-refractivity contribution in [3.05, 3.63) is 35.4 Å². The molecule has 0 radical (unpaired) electrons. The SMILES string of the molecule is CC(C)C1(C)C(C)c2ccccc2C1C. The minimum absolute atomic E-state index is 0.420. The van der Waals surface area contributed by atoms with Gasteiger partial charge in [0.15, 0.2) is 0 Å². The van der Waals surface area contributed by atoms with E-state index in [1.54, 1.807) is 11.1 Å². The topological polar surface area (TPSA) is 0 Å². The molecule has 1 aliphatic carbocycles. The van der Waals surface area contributed by atoms with Gasteiger partial charge < -0.3 is 0 Å². The van der Waals surface area contributed by atoms with E-state index in [-0.39, 0.29) is 0 Å². The lowest BCUT2D eigenvalue weighted by molar-refractivity contribution is 0.159. The van der Waals surface area contributed by atoms with Gasteiger partial charge in [-0.1, -0.05) is 58.9 Å². The third kappa shape index (κ3) is 1.27. The molecule has 0 aliphatic heterocycles. The number of hydrogen-bond donors (Lipinski definition) is 0. The lowest BCUT2D eigenvalue weighted by Crippen LogP contribution is -2.29. The zero-order valence-electron chi connectivity index (χ0n) is 10.5. The molecule has 0 saturated carbocycles. The molecule has 2 atom stereocenters. The van der Waals surface area contributed by atoms with Gasteiger partial charge in [0.05, 0.1) is 0 Å². The lowest BCUT2D eigenvalue weighted by atomic mass is 9.66. The molecule has 2 rings (SSSR count). The fraction of sp³-hybridized carbons (Fsp3) is 0.600. The first kappa shape index (κ1) is 10.7. The van der Waals surface area contributed by atoms with Crippen LogP contribution in [0.15, 0.2) is 24.3 Å². The summed E-state index contributed by atoms with van der Waals surface area (Å²) in [4.78, 5) is 0. The highest BCUT2D eigenvalue weighted by atomic mass is 14.5. The molecule has 0 heteroatoms. The molecule has 1 aliphatic rings. The zero-order valence-corrected chi connectivity index (χ0v) is 10.5. The van der Waals surface area contributed by atoms with Crippen LogP contribution in [0.4, 0.5) is 0 Å². The molecule has 0 fully saturated rings. The summed E-state index contributed by atoms with van der Waals surface area (Å²) in [5.41, 5.74) is 3.56. The summed E-state index contributed by atoms with van der Waals surface area (Å²) in [6, 6.07) is 8.97. The third-order valence-corrected chi connectivity index (χ3v) is 5.04. The van der Waals surface area contributed by atoms with E-state index >= 15 is 0 Å². The molecule has 1 aromatic rings. The van der Waals surface area contributed by atoms with Crippen LogP contribution in [0.3, 0.4) is 0 Å². The molecule has 0 N–H and O–H groups in total. The first-order chi connectivity index (χ1) is 6.99. The number of rotatable bonds is 1. The summed E-state index contributed by atoms with van der Waals surface area (Å²) in [7, 11) is 0. The number of benzene rings is 1. The van der Waals surface area contributed by atoms with Gasteiger partial charge in [-0.05, 0) is 34.3 Å². The largest absolute Gasteiger partial charge is 0.0622 e. The van der Waals surface area contributed by atoms with Gasteiger partial charge in [0.2, 0.25) is 0 Å². The molecule has 0 saturated heterocycles. The Kier molecular flexibility index (Phi) is 2.41. The minimum Gasteiger partial charge on any atom is -0.0622 e. The highest BCUT2D eigenvalue weighted by molar-refractivity contribution is 5.41. The average molecular weight is 202 g/mol. The van der Waals surface area contributed by atoms with Crippen LogP contribution in [0.2, 0.25) is 0 Å². The van der Waals surface area contributed by atoms with Gasteiger partial charge in [-0.15, -0.1) is 0 Å². The maximum absolute atomic E-state index is 2.45. The average Bonchev–Trinajstić information content (AvgIpc) is 2.43. The summed E-state index contributed by atoms with van der Waals surface area (Å²) in [6.45, 7) is 12.0. The first-order valence-electron chi connectivity index (χ1n) is 6.08. The quantitative estimate of drug-likeness (QED) is 0.626. The standard InChI is InChI=1S/C15H22/c1-10(2)15(5)11(3)13-8-6-7-9-14(13)12(15)4/h6-12H,1-5H3. The van der Waals surface area contributed by atoms with E-state index in [1.807, 2.05) is 0 Å². The highest BCUT2D eigenvalue weighted by Crippen LogP contribution is 2.58. The predicted octanol–water partition coefficient (Wildman–Crippen LogP) is 4.57. The first-order valence-corrected chi connectivity index (χ1v) is 6.08. The van der Waals surface area contributed by atoms with Gasteiger partial charge in [0.25, 0.3) is 0 Å². The number of hydrogen-bond acceptors (Lipinski definition) is 0. The van der Waals surface area contributed by atoms with Gasteiger partial charge in [-0.2, -0.15) is 0 Å². The van der Waals surface area contributed by atoms with Crippen LogP contribution in [-0.4, -0.2) is 0 Å². The molecule has 0 heterocycles. The highest BCUT2D eigenvalue weighted by Gasteiger charge is 2.46. The zero-order chi connectivity index (χ0) is 11.2. The normalized spacial score (nSPS) is 34.5. The van der Waals surface area contributed by atoms with E-state index in [0.717, 1.165) is 5.92 Å². The van der Waals surface area contributed by atoms with Crippen LogP contribution in [0.5, 0.6) is 0 Å². The van der Waals surface area contributed by atoms with Crippen molar-refractivity contribution in [3.8, 4) is 0 Å². The van der Waals surface area contributed by atoms with Gasteiger partial charge in [0.1, 0.15) is 0 Å². The Bertz CT molecular complexity index is 333. The second kappa shape index (κ2) is 3.37. The van der Waals surface area contributed by atoms with Crippen molar-refractivity contribution < 1.29 is 0 Å². The molecular formula is C15H22. The van der Waals surface area contributed by atoms with E-state index in [2.05, 4.69) is 58.9 Å². The maximum Gasteiger partial charge on any atom is -0.0125 e. The molecule has 0 aromatic heterocycles. The van der Waals surface area contributed by atoms with Crippen LogP contribution in [0.1, 0.15) is 57.6 Å². The molecule has 1 aromatic carbocycles. The second-order valence-electron chi connectivity index (χ2n) is 5.59. The van der Waals surface area contributed by atoms with Crippen molar-refractivity contribution >= 4 is 0 Å². The van der Waals surface area contributed by atoms with Crippen molar-refractivity contribution in [3.63, 3.8) is 0 Å². The van der Waals surface area contributed by atoms with E-state index in [1.165, 1.54) is 0 Å². The van der Waals surface area contributed by atoms with Gasteiger partial charge in [-0.3, -0.25) is 0 Å². The monoisotopic (exact) mass is 202 g/mol. The van der Waals surface area contributed by atoms with E-state index in [4.69, 9.17) is 0 Å². The molecular weight excluding hydrogens is 180 g/mol. The second-order valence-corrected chi connectivity index (χ2v) is 5.59. The Labute approximate surface area is 93.7 Å². The fourth-order valence-corrected chi connectivity index (χ4v) is 3.34. The van der Waals surface area contributed by atoms with Gasteiger partial charge in [-0.25, -0.2) is 0 Å². The molecule has 0 amide bonds. The van der Waals surface area contributed by atoms with Crippen LogP contribution >= 0.6 is 0 Å². The Hall–Kier alpha value is -0.780. The molecule has 0 nitrogen and oxygen atoms in total. The fourth-order valence-electron chi connectivity index (χ4n) is 3.34. The molecule has 0 bridgehead atoms. The third-order valence-electron chi connectivity index (χ3n) is 5.04. The Morgan fingerprint density at radius 1 is 1.00 bits per heavy atom. The van der Waals surface area contributed by atoms with Crippen LogP contribution in [-0.2, 0) is 0 Å². The summed E-state index contributed by atoms with van der Waals surface area (Å²) < 4.78 is 0. The Morgan fingerprint density at radius 3 is 1.73 bits per heavy atom. The van der Waals surface area contributed by atoms with E-state index < -0.39 is 0 Å². The van der Waals surface area contributed by atoms with Crippen molar-refractivity contribution in [2.24, 2.45) is 11.3 Å².